The van der Waals surface area contributed by atoms with E-state index in [1.807, 2.05) is 0 Å². The summed E-state index contributed by atoms with van der Waals surface area (Å²) >= 11 is 3.33. The lowest BCUT2D eigenvalue weighted by Gasteiger charge is -2.18. The van der Waals surface area contributed by atoms with E-state index in [0.29, 0.717) is 17.1 Å². The lowest BCUT2D eigenvalue weighted by Crippen LogP contribution is -2.31. The van der Waals surface area contributed by atoms with Crippen LogP contribution in [-0.2, 0) is 4.79 Å². The van der Waals surface area contributed by atoms with Crippen molar-refractivity contribution in [2.45, 2.75) is 26.3 Å². The average molecular weight is 378 g/mol. The van der Waals surface area contributed by atoms with E-state index >= 15 is 0 Å². The van der Waals surface area contributed by atoms with Crippen LogP contribution in [0.3, 0.4) is 0 Å². The molecule has 1 heterocycles. The number of carboxylic acids is 1. The van der Waals surface area contributed by atoms with Gasteiger partial charge in [-0.05, 0) is 31.5 Å². The fourth-order valence-electron chi connectivity index (χ4n) is 2.16. The van der Waals surface area contributed by atoms with E-state index in [1.165, 1.54) is 6.20 Å². The van der Waals surface area contributed by atoms with Gasteiger partial charge >= 0.3 is 5.97 Å². The van der Waals surface area contributed by atoms with Crippen molar-refractivity contribution in [3.63, 3.8) is 0 Å². The summed E-state index contributed by atoms with van der Waals surface area (Å²) < 4.78 is 0.879. The summed E-state index contributed by atoms with van der Waals surface area (Å²) in [7, 11) is 0. The Kier molecular flexibility index (Phi) is 5.44. The summed E-state index contributed by atoms with van der Waals surface area (Å²) in [6.07, 6.45) is 1.24. The number of aromatic nitrogens is 2. The van der Waals surface area contributed by atoms with Crippen LogP contribution in [0.5, 0.6) is 0 Å². The topological polar surface area (TPSA) is 92.2 Å². The number of hydrogen-bond donors (Lipinski definition) is 2. The Labute approximate surface area is 142 Å². The first-order valence-electron chi connectivity index (χ1n) is 6.95. The SMILES string of the molecule is Cc1ncc(C(=O)NC(CC(=O)O)c2ccc(Br)cc2)c(C)n1. The molecule has 0 fully saturated rings. The molecular weight excluding hydrogens is 362 g/mol. The van der Waals surface area contributed by atoms with Crippen molar-refractivity contribution in [3.05, 3.63) is 57.6 Å². The summed E-state index contributed by atoms with van der Waals surface area (Å²) in [6, 6.07) is 6.52. The van der Waals surface area contributed by atoms with Gasteiger partial charge in [0.25, 0.3) is 5.91 Å². The average Bonchev–Trinajstić information content (AvgIpc) is 2.46. The van der Waals surface area contributed by atoms with Crippen LogP contribution in [0.25, 0.3) is 0 Å². The van der Waals surface area contributed by atoms with Crippen LogP contribution in [-0.4, -0.2) is 27.0 Å². The van der Waals surface area contributed by atoms with Crippen LogP contribution >= 0.6 is 15.9 Å². The predicted molar refractivity (Wildman–Crippen MR) is 88.1 cm³/mol. The van der Waals surface area contributed by atoms with Gasteiger partial charge in [0.15, 0.2) is 0 Å². The zero-order valence-electron chi connectivity index (χ0n) is 12.7. The standard InChI is InChI=1S/C16H16BrN3O3/c1-9-13(8-18-10(2)19-9)16(23)20-14(7-15(21)22)11-3-5-12(17)6-4-11/h3-6,8,14H,7H2,1-2H3,(H,20,23)(H,21,22). The third-order valence-electron chi connectivity index (χ3n) is 3.30. The monoisotopic (exact) mass is 377 g/mol. The third kappa shape index (κ3) is 4.59. The van der Waals surface area contributed by atoms with Gasteiger partial charge in [-0.15, -0.1) is 0 Å². The van der Waals surface area contributed by atoms with Crippen LogP contribution < -0.4 is 5.32 Å². The predicted octanol–water partition coefficient (Wildman–Crippen LogP) is 2.80. The minimum Gasteiger partial charge on any atom is -0.481 e. The van der Waals surface area contributed by atoms with Gasteiger partial charge in [-0.3, -0.25) is 9.59 Å². The van der Waals surface area contributed by atoms with E-state index in [0.717, 1.165) is 10.0 Å². The molecule has 0 aliphatic rings. The molecule has 1 atom stereocenters. The number of hydrogen-bond acceptors (Lipinski definition) is 4. The number of aryl methyl sites for hydroxylation is 2. The minimum absolute atomic E-state index is 0.209. The number of nitrogens with one attached hydrogen (secondary N) is 1. The molecule has 1 aromatic carbocycles. The number of rotatable bonds is 5. The zero-order chi connectivity index (χ0) is 17.0. The fraction of sp³-hybridized carbons (Fsp3) is 0.250. The van der Waals surface area contributed by atoms with Crippen LogP contribution in [0.1, 0.15) is 39.9 Å². The second kappa shape index (κ2) is 7.32. The molecule has 0 radical (unpaired) electrons. The molecule has 0 aliphatic carbocycles. The Morgan fingerprint density at radius 2 is 1.91 bits per heavy atom. The Bertz CT molecular complexity index is 732. The lowest BCUT2D eigenvalue weighted by atomic mass is 10.0. The summed E-state index contributed by atoms with van der Waals surface area (Å²) in [4.78, 5) is 31.7. The van der Waals surface area contributed by atoms with Crippen LogP contribution in [0.15, 0.2) is 34.9 Å². The maximum atomic E-state index is 12.4. The van der Waals surface area contributed by atoms with E-state index in [2.05, 4.69) is 31.2 Å². The minimum atomic E-state index is -0.991. The summed E-state index contributed by atoms with van der Waals surface area (Å²) in [5.41, 5.74) is 1.61. The van der Waals surface area contributed by atoms with Gasteiger partial charge in [0.05, 0.1) is 23.7 Å². The fourth-order valence-corrected chi connectivity index (χ4v) is 2.43. The van der Waals surface area contributed by atoms with Crippen molar-refractivity contribution in [2.75, 3.05) is 0 Å². The highest BCUT2D eigenvalue weighted by molar-refractivity contribution is 9.10. The zero-order valence-corrected chi connectivity index (χ0v) is 14.3. The molecule has 7 heteroatoms. The first-order valence-corrected chi connectivity index (χ1v) is 7.74. The molecule has 0 saturated heterocycles. The second-order valence-corrected chi connectivity index (χ2v) is 6.01. The van der Waals surface area contributed by atoms with Crippen molar-refractivity contribution in [2.24, 2.45) is 0 Å². The molecule has 0 bridgehead atoms. The first-order chi connectivity index (χ1) is 10.9. The van der Waals surface area contributed by atoms with E-state index in [4.69, 9.17) is 5.11 Å². The van der Waals surface area contributed by atoms with Gasteiger partial charge in [-0.25, -0.2) is 9.97 Å². The molecule has 120 valence electrons. The molecule has 0 aliphatic heterocycles. The maximum Gasteiger partial charge on any atom is 0.305 e. The van der Waals surface area contributed by atoms with Gasteiger partial charge in [0, 0.05) is 10.7 Å². The quantitative estimate of drug-likeness (QED) is 0.835. The number of carboxylic acid groups (broad SMARTS) is 1. The summed E-state index contributed by atoms with van der Waals surface area (Å²) in [5.74, 6) is -0.805. The highest BCUT2D eigenvalue weighted by atomic mass is 79.9. The van der Waals surface area contributed by atoms with Crippen molar-refractivity contribution in [1.82, 2.24) is 15.3 Å². The molecular formula is C16H16BrN3O3. The van der Waals surface area contributed by atoms with Crippen molar-refractivity contribution >= 4 is 27.8 Å². The number of aliphatic carboxylic acids is 1. The van der Waals surface area contributed by atoms with Gasteiger partial charge in [-0.1, -0.05) is 28.1 Å². The Morgan fingerprint density at radius 1 is 1.26 bits per heavy atom. The number of amides is 1. The summed E-state index contributed by atoms with van der Waals surface area (Å²) in [5, 5.41) is 11.8. The second-order valence-electron chi connectivity index (χ2n) is 5.09. The molecule has 1 aromatic heterocycles. The molecule has 23 heavy (non-hydrogen) atoms. The Morgan fingerprint density at radius 3 is 2.48 bits per heavy atom. The molecule has 1 amide bonds. The Balaban J connectivity index is 2.24. The van der Waals surface area contributed by atoms with Crippen LogP contribution in [0.4, 0.5) is 0 Å². The molecule has 2 N–H and O–H groups in total. The van der Waals surface area contributed by atoms with Crippen molar-refractivity contribution in [1.29, 1.82) is 0 Å². The maximum absolute atomic E-state index is 12.4. The molecule has 0 saturated carbocycles. The number of carbonyl (C=O) groups is 2. The van der Waals surface area contributed by atoms with Gasteiger partial charge in [-0.2, -0.15) is 0 Å². The number of nitrogens with zero attached hydrogens (tertiary/aromatic N) is 2. The normalized spacial score (nSPS) is 11.8. The molecule has 2 rings (SSSR count). The molecule has 1 unspecified atom stereocenters. The third-order valence-corrected chi connectivity index (χ3v) is 3.83. The van der Waals surface area contributed by atoms with Crippen LogP contribution in [0.2, 0.25) is 0 Å². The number of benzene rings is 1. The van der Waals surface area contributed by atoms with E-state index in [1.54, 1.807) is 38.1 Å². The number of halogens is 1. The molecule has 2 aromatic rings. The smallest absolute Gasteiger partial charge is 0.305 e. The first kappa shape index (κ1) is 17.1. The summed E-state index contributed by atoms with van der Waals surface area (Å²) in [6.45, 7) is 3.46. The highest BCUT2D eigenvalue weighted by Crippen LogP contribution is 2.20. The largest absolute Gasteiger partial charge is 0.481 e. The van der Waals surface area contributed by atoms with E-state index in [9.17, 15) is 9.59 Å². The van der Waals surface area contributed by atoms with Gasteiger partial charge in [0.1, 0.15) is 5.82 Å². The highest BCUT2D eigenvalue weighted by Gasteiger charge is 2.20. The lowest BCUT2D eigenvalue weighted by molar-refractivity contribution is -0.137. The van der Waals surface area contributed by atoms with Crippen LogP contribution in [0, 0.1) is 13.8 Å². The van der Waals surface area contributed by atoms with Gasteiger partial charge in [0.2, 0.25) is 0 Å². The Hall–Kier alpha value is -2.28. The van der Waals surface area contributed by atoms with Crippen molar-refractivity contribution in [3.8, 4) is 0 Å². The van der Waals surface area contributed by atoms with E-state index < -0.39 is 17.9 Å². The molecule has 0 spiro atoms. The van der Waals surface area contributed by atoms with E-state index in [-0.39, 0.29) is 6.42 Å². The van der Waals surface area contributed by atoms with Gasteiger partial charge < -0.3 is 10.4 Å². The number of carbonyl (C=O) groups excluding carboxylic acids is 1. The van der Waals surface area contributed by atoms with Crippen molar-refractivity contribution < 1.29 is 14.7 Å². The molecule has 6 nitrogen and oxygen atoms in total.